The maximum Gasteiger partial charge on any atom is 0.394 e. The monoisotopic (exact) mass is 294 g/mol. The smallest absolute Gasteiger partial charge is 0.394 e. The molecule has 6 N–H and O–H groups in total. The van der Waals surface area contributed by atoms with Gasteiger partial charge in [0.15, 0.2) is 0 Å². The summed E-state index contributed by atoms with van der Waals surface area (Å²) in [6, 6.07) is 6.98. The number of nitrogens with zero attached hydrogens (tertiary/aromatic N) is 1. The Morgan fingerprint density at radius 3 is 1.63 bits per heavy atom. The van der Waals surface area contributed by atoms with Gasteiger partial charge >= 0.3 is 10.4 Å². The lowest BCUT2D eigenvalue weighted by Crippen LogP contribution is -2.40. The summed E-state index contributed by atoms with van der Waals surface area (Å²) in [6.07, 6.45) is -1.47. The molecule has 2 unspecified atom stereocenters. The van der Waals surface area contributed by atoms with Gasteiger partial charge in [-0.1, -0.05) is 0 Å². The van der Waals surface area contributed by atoms with E-state index in [1.165, 1.54) is 4.90 Å². The molecule has 0 spiro atoms. The molecular formula is C10H18N2O6S. The third kappa shape index (κ3) is 8.35. The quantitative estimate of drug-likeness (QED) is 0.300. The van der Waals surface area contributed by atoms with Crippen molar-refractivity contribution in [3.8, 4) is 0 Å². The van der Waals surface area contributed by atoms with Crippen molar-refractivity contribution in [3.05, 3.63) is 24.3 Å². The summed E-state index contributed by atoms with van der Waals surface area (Å²) in [7, 11) is -4.67. The zero-order valence-corrected chi connectivity index (χ0v) is 11.3. The first kappa shape index (κ1) is 17.6. The summed E-state index contributed by atoms with van der Waals surface area (Å²) in [5.74, 6) is 0. The molecular weight excluding hydrogens is 276 g/mol. The Morgan fingerprint density at radius 1 is 1.05 bits per heavy atom. The largest absolute Gasteiger partial charge is 0.399 e. The fourth-order valence-corrected chi connectivity index (χ4v) is 1.39. The highest BCUT2D eigenvalue weighted by Crippen LogP contribution is 2.19. The Bertz CT molecular complexity index is 455. The molecule has 9 heteroatoms. The lowest BCUT2D eigenvalue weighted by molar-refractivity contribution is 0.105. The van der Waals surface area contributed by atoms with E-state index in [-0.39, 0.29) is 0 Å². The molecule has 110 valence electrons. The number of hydrogen-bond acceptors (Lipinski definition) is 6. The maximum atomic E-state index is 9.44. The number of aliphatic hydroxyl groups is 2. The molecule has 0 saturated heterocycles. The topological polar surface area (TPSA) is 144 Å². The van der Waals surface area contributed by atoms with Gasteiger partial charge in [-0.3, -0.25) is 9.11 Å². The van der Waals surface area contributed by atoms with Crippen LogP contribution in [0.4, 0.5) is 11.4 Å². The molecule has 0 aliphatic heterocycles. The van der Waals surface area contributed by atoms with E-state index >= 15 is 0 Å². The Balaban J connectivity index is 0.000000555. The molecule has 0 saturated carbocycles. The third-order valence-electron chi connectivity index (χ3n) is 2.00. The van der Waals surface area contributed by atoms with E-state index < -0.39 is 22.9 Å². The normalized spacial score (nSPS) is 14.0. The summed E-state index contributed by atoms with van der Waals surface area (Å²) in [6.45, 7) is 3.20. The van der Waals surface area contributed by atoms with Gasteiger partial charge in [-0.15, -0.1) is 0 Å². The van der Waals surface area contributed by atoms with E-state index in [2.05, 4.69) is 0 Å². The summed E-state index contributed by atoms with van der Waals surface area (Å²) in [5.41, 5.74) is 6.93. The molecule has 0 bridgehead atoms. The van der Waals surface area contributed by atoms with E-state index in [1.807, 2.05) is 0 Å². The average molecular weight is 294 g/mol. The number of rotatable bonds is 3. The highest BCUT2D eigenvalue weighted by molar-refractivity contribution is 7.79. The molecule has 0 aliphatic rings. The van der Waals surface area contributed by atoms with Crippen LogP contribution < -0.4 is 10.6 Å². The number of nitrogens with two attached hydrogens (primary N) is 1. The highest BCUT2D eigenvalue weighted by atomic mass is 32.3. The van der Waals surface area contributed by atoms with Gasteiger partial charge in [0.1, 0.15) is 12.5 Å². The van der Waals surface area contributed by atoms with Gasteiger partial charge in [-0.05, 0) is 38.1 Å². The summed E-state index contributed by atoms with van der Waals surface area (Å²) in [5, 5.41) is 18.9. The molecule has 8 nitrogen and oxygen atoms in total. The standard InChI is InChI=1S/C10H16N2O2.H2O4S/c1-7(13)12(8(2)14)10-5-3-9(11)4-6-10;1-5(2,3)4/h3-8,13-14H,11H2,1-2H3;(H2,1,2,3,4). The molecule has 0 aliphatic carbocycles. The molecule has 0 radical (unpaired) electrons. The van der Waals surface area contributed by atoms with Gasteiger partial charge in [0.2, 0.25) is 0 Å². The Kier molecular flexibility index (Phi) is 6.73. The average Bonchev–Trinajstić information content (AvgIpc) is 2.17. The van der Waals surface area contributed by atoms with E-state index in [9.17, 15) is 10.2 Å². The zero-order chi connectivity index (χ0) is 15.2. The number of nitrogen functional groups attached to an aromatic ring is 1. The van der Waals surface area contributed by atoms with Crippen LogP contribution in [0.3, 0.4) is 0 Å². The molecule has 1 aromatic rings. The third-order valence-corrected chi connectivity index (χ3v) is 2.00. The lowest BCUT2D eigenvalue weighted by Gasteiger charge is -2.30. The highest BCUT2D eigenvalue weighted by Gasteiger charge is 2.16. The predicted octanol–water partition coefficient (Wildman–Crippen LogP) is 0.0990. The number of aliphatic hydroxyl groups excluding tert-OH is 2. The van der Waals surface area contributed by atoms with Crippen molar-refractivity contribution in [2.75, 3.05) is 10.6 Å². The van der Waals surface area contributed by atoms with Crippen LogP contribution in [0, 0.1) is 0 Å². The molecule has 0 heterocycles. The SMILES string of the molecule is CC(O)N(c1ccc(N)cc1)C(C)O.O=S(=O)(O)O. The van der Waals surface area contributed by atoms with Gasteiger partial charge in [0.05, 0.1) is 0 Å². The Morgan fingerprint density at radius 2 is 1.37 bits per heavy atom. The summed E-state index contributed by atoms with van der Waals surface area (Å²) < 4.78 is 31.6. The van der Waals surface area contributed by atoms with Gasteiger partial charge < -0.3 is 20.8 Å². The van der Waals surface area contributed by atoms with Crippen LogP contribution in [0.2, 0.25) is 0 Å². The van der Waals surface area contributed by atoms with Crippen molar-refractivity contribution in [2.45, 2.75) is 26.3 Å². The molecule has 0 fully saturated rings. The Hall–Kier alpha value is -1.39. The molecule has 0 amide bonds. The Labute approximate surface area is 111 Å². The van der Waals surface area contributed by atoms with Crippen LogP contribution in [-0.4, -0.2) is 40.2 Å². The van der Waals surface area contributed by atoms with Crippen molar-refractivity contribution in [2.24, 2.45) is 0 Å². The minimum atomic E-state index is -4.67. The van der Waals surface area contributed by atoms with Crippen molar-refractivity contribution in [3.63, 3.8) is 0 Å². The number of anilines is 2. The van der Waals surface area contributed by atoms with Crippen LogP contribution in [0.15, 0.2) is 24.3 Å². The second-order valence-corrected chi connectivity index (χ2v) is 4.61. The molecule has 19 heavy (non-hydrogen) atoms. The van der Waals surface area contributed by atoms with Crippen molar-refractivity contribution < 1.29 is 27.7 Å². The van der Waals surface area contributed by atoms with Crippen molar-refractivity contribution in [1.29, 1.82) is 0 Å². The van der Waals surface area contributed by atoms with Crippen molar-refractivity contribution in [1.82, 2.24) is 0 Å². The predicted molar refractivity (Wildman–Crippen MR) is 70.9 cm³/mol. The van der Waals surface area contributed by atoms with Crippen LogP contribution in [0.25, 0.3) is 0 Å². The first-order valence-corrected chi connectivity index (χ1v) is 6.62. The fourth-order valence-electron chi connectivity index (χ4n) is 1.39. The maximum absolute atomic E-state index is 9.44. The summed E-state index contributed by atoms with van der Waals surface area (Å²) >= 11 is 0. The fraction of sp³-hybridized carbons (Fsp3) is 0.400. The molecule has 0 aromatic heterocycles. The van der Waals surface area contributed by atoms with Crippen LogP contribution in [-0.2, 0) is 10.4 Å². The first-order valence-electron chi connectivity index (χ1n) is 5.22. The second-order valence-electron chi connectivity index (χ2n) is 3.71. The minimum Gasteiger partial charge on any atom is -0.399 e. The van der Waals surface area contributed by atoms with E-state index in [4.69, 9.17) is 23.3 Å². The number of hydrogen-bond donors (Lipinski definition) is 5. The summed E-state index contributed by atoms with van der Waals surface area (Å²) in [4.78, 5) is 1.49. The van der Waals surface area contributed by atoms with E-state index in [1.54, 1.807) is 38.1 Å². The molecule has 1 aromatic carbocycles. The van der Waals surface area contributed by atoms with E-state index in [0.717, 1.165) is 5.69 Å². The van der Waals surface area contributed by atoms with Gasteiger partial charge in [-0.25, -0.2) is 0 Å². The zero-order valence-electron chi connectivity index (χ0n) is 10.5. The first-order chi connectivity index (χ1) is 8.52. The van der Waals surface area contributed by atoms with Gasteiger partial charge in [0.25, 0.3) is 0 Å². The molecule has 2 atom stereocenters. The van der Waals surface area contributed by atoms with Crippen LogP contribution in [0.1, 0.15) is 13.8 Å². The van der Waals surface area contributed by atoms with Crippen molar-refractivity contribution >= 4 is 21.8 Å². The second kappa shape index (κ2) is 7.26. The van der Waals surface area contributed by atoms with E-state index in [0.29, 0.717) is 5.69 Å². The minimum absolute atomic E-state index is 0.657. The van der Waals surface area contributed by atoms with Crippen LogP contribution >= 0.6 is 0 Å². The van der Waals surface area contributed by atoms with Gasteiger partial charge in [-0.2, -0.15) is 8.42 Å². The number of benzene rings is 1. The van der Waals surface area contributed by atoms with Gasteiger partial charge in [0, 0.05) is 11.4 Å². The lowest BCUT2D eigenvalue weighted by atomic mass is 10.2. The van der Waals surface area contributed by atoms with Crippen LogP contribution in [0.5, 0.6) is 0 Å². The molecule has 1 rings (SSSR count).